The maximum absolute atomic E-state index is 13.1. The van der Waals surface area contributed by atoms with Gasteiger partial charge in [0.25, 0.3) is 0 Å². The van der Waals surface area contributed by atoms with Gasteiger partial charge in [-0.3, -0.25) is 4.79 Å². The van der Waals surface area contributed by atoms with Crippen molar-refractivity contribution in [1.82, 2.24) is 4.90 Å². The van der Waals surface area contributed by atoms with E-state index < -0.39 is 0 Å². The van der Waals surface area contributed by atoms with Crippen molar-refractivity contribution >= 4 is 5.91 Å². The third-order valence-electron chi connectivity index (χ3n) is 4.77. The number of hydrogen-bond donors (Lipinski definition) is 0. The molecule has 0 radical (unpaired) electrons. The van der Waals surface area contributed by atoms with E-state index in [2.05, 4.69) is 0 Å². The summed E-state index contributed by atoms with van der Waals surface area (Å²) in [4.78, 5) is 15.0. The first-order chi connectivity index (χ1) is 11.7. The highest BCUT2D eigenvalue weighted by Gasteiger charge is 2.37. The molecule has 0 aromatic heterocycles. The first-order valence-corrected chi connectivity index (χ1v) is 8.46. The Hall–Kier alpha value is -2.36. The molecule has 2 aliphatic rings. The Morgan fingerprint density at radius 3 is 2.62 bits per heavy atom. The van der Waals surface area contributed by atoms with Crippen LogP contribution < -0.4 is 4.74 Å². The summed E-state index contributed by atoms with van der Waals surface area (Å²) in [6, 6.07) is 14.6. The van der Waals surface area contributed by atoms with Crippen LogP contribution in [-0.2, 0) is 17.8 Å². The predicted octanol–water partition coefficient (Wildman–Crippen LogP) is 3.57. The number of benzene rings is 2. The van der Waals surface area contributed by atoms with Crippen LogP contribution in [0, 0.1) is 11.7 Å². The molecular weight excluding hydrogens is 305 g/mol. The Balaban J connectivity index is 1.49. The van der Waals surface area contributed by atoms with Crippen molar-refractivity contribution < 1.29 is 13.9 Å². The summed E-state index contributed by atoms with van der Waals surface area (Å²) in [5, 5.41) is 0. The standard InChI is InChI=1S/C20H20FNO2/c21-17-7-5-14(6-8-17)12-22(18-9-10-18)20(23)16-11-15-3-1-2-4-19(15)24-13-16/h1-8,16,18H,9-13H2. The van der Waals surface area contributed by atoms with Crippen LogP contribution >= 0.6 is 0 Å². The second kappa shape index (κ2) is 6.27. The van der Waals surface area contributed by atoms with Gasteiger partial charge in [0.1, 0.15) is 18.2 Å². The Labute approximate surface area is 141 Å². The molecule has 0 N–H and O–H groups in total. The fourth-order valence-electron chi connectivity index (χ4n) is 3.28. The maximum Gasteiger partial charge on any atom is 0.230 e. The van der Waals surface area contributed by atoms with Crippen LogP contribution in [0.2, 0.25) is 0 Å². The molecule has 1 aliphatic carbocycles. The number of halogens is 1. The molecule has 1 saturated carbocycles. The summed E-state index contributed by atoms with van der Waals surface area (Å²) >= 11 is 0. The van der Waals surface area contributed by atoms with Gasteiger partial charge in [0, 0.05) is 12.6 Å². The molecule has 0 spiro atoms. The zero-order valence-corrected chi connectivity index (χ0v) is 13.5. The Bertz CT molecular complexity index is 740. The average Bonchev–Trinajstić information content (AvgIpc) is 3.45. The number of para-hydroxylation sites is 1. The molecule has 1 amide bonds. The highest BCUT2D eigenvalue weighted by molar-refractivity contribution is 5.80. The number of carbonyl (C=O) groups excluding carboxylic acids is 1. The number of carbonyl (C=O) groups is 1. The third kappa shape index (κ3) is 3.14. The van der Waals surface area contributed by atoms with Crippen LogP contribution in [0.4, 0.5) is 4.39 Å². The average molecular weight is 325 g/mol. The van der Waals surface area contributed by atoms with Crippen LogP contribution in [0.25, 0.3) is 0 Å². The largest absolute Gasteiger partial charge is 0.492 e. The third-order valence-corrected chi connectivity index (χ3v) is 4.77. The minimum absolute atomic E-state index is 0.138. The van der Waals surface area contributed by atoms with Crippen LogP contribution in [0.15, 0.2) is 48.5 Å². The van der Waals surface area contributed by atoms with Crippen molar-refractivity contribution in [1.29, 1.82) is 0 Å². The van der Waals surface area contributed by atoms with Gasteiger partial charge in [-0.2, -0.15) is 0 Å². The van der Waals surface area contributed by atoms with Crippen molar-refractivity contribution in [2.75, 3.05) is 6.61 Å². The summed E-state index contributed by atoms with van der Waals surface area (Å²) < 4.78 is 18.9. The Morgan fingerprint density at radius 2 is 1.88 bits per heavy atom. The minimum Gasteiger partial charge on any atom is -0.492 e. The summed E-state index contributed by atoms with van der Waals surface area (Å²) in [5.41, 5.74) is 2.06. The van der Waals surface area contributed by atoms with Gasteiger partial charge >= 0.3 is 0 Å². The van der Waals surface area contributed by atoms with Crippen LogP contribution in [0.3, 0.4) is 0 Å². The molecule has 24 heavy (non-hydrogen) atoms. The molecule has 1 heterocycles. The van der Waals surface area contributed by atoms with Gasteiger partial charge in [0.05, 0.1) is 5.92 Å². The number of hydrogen-bond acceptors (Lipinski definition) is 2. The predicted molar refractivity (Wildman–Crippen MR) is 89.1 cm³/mol. The minimum atomic E-state index is -0.250. The van der Waals surface area contributed by atoms with E-state index in [0.717, 1.165) is 36.1 Å². The van der Waals surface area contributed by atoms with Crippen molar-refractivity contribution in [3.05, 3.63) is 65.5 Å². The molecule has 1 unspecified atom stereocenters. The molecule has 3 nitrogen and oxygen atoms in total. The molecule has 0 saturated heterocycles. The zero-order valence-electron chi connectivity index (χ0n) is 13.5. The Kier molecular flexibility index (Phi) is 3.97. The van der Waals surface area contributed by atoms with Gasteiger partial charge in [-0.15, -0.1) is 0 Å². The topological polar surface area (TPSA) is 29.5 Å². The van der Waals surface area contributed by atoms with Gasteiger partial charge in [-0.05, 0) is 48.6 Å². The molecule has 1 fully saturated rings. The van der Waals surface area contributed by atoms with Gasteiger partial charge < -0.3 is 9.64 Å². The summed E-state index contributed by atoms with van der Waals surface area (Å²) in [7, 11) is 0. The fourth-order valence-corrected chi connectivity index (χ4v) is 3.28. The number of fused-ring (bicyclic) bond motifs is 1. The quantitative estimate of drug-likeness (QED) is 0.860. The number of amides is 1. The Morgan fingerprint density at radius 1 is 1.12 bits per heavy atom. The van der Waals surface area contributed by atoms with Crippen molar-refractivity contribution in [2.24, 2.45) is 5.92 Å². The SMILES string of the molecule is O=C(C1COc2ccccc2C1)N(Cc1ccc(F)cc1)C1CC1. The molecule has 1 atom stereocenters. The molecule has 4 rings (SSSR count). The highest BCUT2D eigenvalue weighted by Crippen LogP contribution is 2.33. The lowest BCUT2D eigenvalue weighted by atomic mass is 9.95. The molecule has 2 aromatic carbocycles. The zero-order chi connectivity index (χ0) is 16.5. The number of ether oxygens (including phenoxy) is 1. The van der Waals surface area contributed by atoms with Crippen molar-refractivity contribution in [3.8, 4) is 5.75 Å². The van der Waals surface area contributed by atoms with E-state index in [0.29, 0.717) is 19.2 Å². The molecule has 0 bridgehead atoms. The summed E-state index contributed by atoms with van der Waals surface area (Å²) in [5.74, 6) is 0.649. The van der Waals surface area contributed by atoms with Crippen molar-refractivity contribution in [2.45, 2.75) is 31.8 Å². The molecular formula is C20H20FNO2. The normalized spacial score (nSPS) is 19.3. The monoisotopic (exact) mass is 325 g/mol. The van der Waals surface area contributed by atoms with E-state index >= 15 is 0 Å². The maximum atomic E-state index is 13.1. The van der Waals surface area contributed by atoms with E-state index in [-0.39, 0.29) is 17.6 Å². The lowest BCUT2D eigenvalue weighted by molar-refractivity contribution is -0.138. The second-order valence-electron chi connectivity index (χ2n) is 6.64. The van der Waals surface area contributed by atoms with Gasteiger partial charge in [-0.1, -0.05) is 30.3 Å². The summed E-state index contributed by atoms with van der Waals surface area (Å²) in [6.45, 7) is 0.977. The highest BCUT2D eigenvalue weighted by atomic mass is 19.1. The van der Waals surface area contributed by atoms with Crippen LogP contribution in [-0.4, -0.2) is 23.5 Å². The summed E-state index contributed by atoms with van der Waals surface area (Å²) in [6.07, 6.45) is 2.83. The van der Waals surface area contributed by atoms with Gasteiger partial charge in [0.15, 0.2) is 0 Å². The van der Waals surface area contributed by atoms with Crippen molar-refractivity contribution in [3.63, 3.8) is 0 Å². The molecule has 2 aromatic rings. The molecule has 1 aliphatic heterocycles. The van der Waals surface area contributed by atoms with E-state index in [1.54, 1.807) is 12.1 Å². The lowest BCUT2D eigenvalue weighted by Gasteiger charge is -2.30. The first-order valence-electron chi connectivity index (χ1n) is 8.46. The lowest BCUT2D eigenvalue weighted by Crippen LogP contribution is -2.41. The molecule has 4 heteroatoms. The van der Waals surface area contributed by atoms with Gasteiger partial charge in [0.2, 0.25) is 5.91 Å². The second-order valence-corrected chi connectivity index (χ2v) is 6.64. The van der Waals surface area contributed by atoms with E-state index in [1.165, 1.54) is 12.1 Å². The van der Waals surface area contributed by atoms with Crippen LogP contribution in [0.1, 0.15) is 24.0 Å². The smallest absolute Gasteiger partial charge is 0.230 e. The first kappa shape index (κ1) is 15.2. The van der Waals surface area contributed by atoms with E-state index in [1.807, 2.05) is 29.2 Å². The van der Waals surface area contributed by atoms with Gasteiger partial charge in [-0.25, -0.2) is 4.39 Å². The number of rotatable bonds is 4. The number of nitrogens with zero attached hydrogens (tertiary/aromatic N) is 1. The molecule has 124 valence electrons. The van der Waals surface area contributed by atoms with Crippen LogP contribution in [0.5, 0.6) is 5.75 Å². The van der Waals surface area contributed by atoms with E-state index in [4.69, 9.17) is 4.74 Å². The fraction of sp³-hybridized carbons (Fsp3) is 0.350. The van der Waals surface area contributed by atoms with E-state index in [9.17, 15) is 9.18 Å².